The number of rotatable bonds is 8. The van der Waals surface area contributed by atoms with Crippen LogP contribution in [0.1, 0.15) is 33.9 Å². The number of ether oxygens (including phenoxy) is 1. The summed E-state index contributed by atoms with van der Waals surface area (Å²) in [5, 5.41) is 18.4. The van der Waals surface area contributed by atoms with Crippen LogP contribution in [0.3, 0.4) is 0 Å². The number of hydrogen-bond donors (Lipinski definition) is 4. The van der Waals surface area contributed by atoms with Crippen molar-refractivity contribution in [1.82, 2.24) is 10.2 Å². The van der Waals surface area contributed by atoms with Crippen molar-refractivity contribution in [2.24, 2.45) is 0 Å². The maximum atomic E-state index is 13.4. The summed E-state index contributed by atoms with van der Waals surface area (Å²) in [6.07, 6.45) is -0.710. The lowest BCUT2D eigenvalue weighted by Gasteiger charge is -2.36. The predicted molar refractivity (Wildman–Crippen MR) is 160 cm³/mol. The van der Waals surface area contributed by atoms with Crippen LogP contribution in [0.2, 0.25) is 5.02 Å². The van der Waals surface area contributed by atoms with Crippen molar-refractivity contribution >= 4 is 52.7 Å². The Kier molecular flexibility index (Phi) is 9.87. The third-order valence-electron chi connectivity index (χ3n) is 6.83. The molecule has 1 heterocycles. The second-order valence-corrected chi connectivity index (χ2v) is 10.2. The fourth-order valence-corrected chi connectivity index (χ4v) is 4.72. The van der Waals surface area contributed by atoms with Crippen molar-refractivity contribution in [2.45, 2.75) is 19.4 Å². The summed E-state index contributed by atoms with van der Waals surface area (Å²) in [6, 6.07) is 17.5. The first-order chi connectivity index (χ1) is 20.1. The van der Waals surface area contributed by atoms with Crippen LogP contribution in [0.15, 0.2) is 66.7 Å². The van der Waals surface area contributed by atoms with E-state index in [2.05, 4.69) is 16.0 Å². The second kappa shape index (κ2) is 13.7. The molecule has 0 radical (unpaired) electrons. The molecule has 11 nitrogen and oxygen atoms in total. The third-order valence-corrected chi connectivity index (χ3v) is 7.08. The van der Waals surface area contributed by atoms with Crippen LogP contribution in [0.5, 0.6) is 0 Å². The van der Waals surface area contributed by atoms with Crippen LogP contribution in [0, 0.1) is 6.92 Å². The fraction of sp³-hybridized carbons (Fsp3) is 0.267. The Morgan fingerprint density at radius 2 is 1.60 bits per heavy atom. The maximum absolute atomic E-state index is 13.4. The van der Waals surface area contributed by atoms with Crippen LogP contribution in [0.25, 0.3) is 0 Å². The average Bonchev–Trinajstić information content (AvgIpc) is 2.98. The molecule has 1 aliphatic rings. The molecule has 0 aliphatic carbocycles. The number of carbonyl (C=O) groups excluding carboxylic acids is 3. The Balaban J connectivity index is 1.58. The minimum atomic E-state index is -1.05. The molecule has 4 rings (SSSR count). The van der Waals surface area contributed by atoms with Gasteiger partial charge in [-0.05, 0) is 55.0 Å². The first kappa shape index (κ1) is 30.2. The Bertz CT molecular complexity index is 1440. The van der Waals surface area contributed by atoms with Gasteiger partial charge in [0.1, 0.15) is 0 Å². The average molecular weight is 594 g/mol. The number of urea groups is 1. The number of carboxylic acid groups (broad SMARTS) is 1. The van der Waals surface area contributed by atoms with Gasteiger partial charge in [-0.1, -0.05) is 41.4 Å². The molecule has 220 valence electrons. The molecule has 1 fully saturated rings. The highest BCUT2D eigenvalue weighted by atomic mass is 35.5. The van der Waals surface area contributed by atoms with Gasteiger partial charge in [0.15, 0.2) is 0 Å². The zero-order chi connectivity index (χ0) is 30.2. The molecule has 1 unspecified atom stereocenters. The van der Waals surface area contributed by atoms with Gasteiger partial charge in [-0.15, -0.1) is 0 Å². The number of aliphatic carboxylic acids is 1. The summed E-state index contributed by atoms with van der Waals surface area (Å²) in [7, 11) is 1.33. The van der Waals surface area contributed by atoms with E-state index < -0.39 is 30.0 Å². The van der Waals surface area contributed by atoms with Crippen molar-refractivity contribution in [2.75, 3.05) is 48.8 Å². The lowest BCUT2D eigenvalue weighted by molar-refractivity contribution is -0.137. The van der Waals surface area contributed by atoms with E-state index in [1.54, 1.807) is 59.5 Å². The number of carbonyl (C=O) groups is 4. The van der Waals surface area contributed by atoms with Gasteiger partial charge in [-0.3, -0.25) is 9.59 Å². The number of carboxylic acids is 1. The van der Waals surface area contributed by atoms with E-state index in [-0.39, 0.29) is 12.0 Å². The summed E-state index contributed by atoms with van der Waals surface area (Å²) in [6.45, 7) is 3.70. The lowest BCUT2D eigenvalue weighted by Crippen LogP contribution is -2.49. The fourth-order valence-electron chi connectivity index (χ4n) is 4.60. The highest BCUT2D eigenvalue weighted by Crippen LogP contribution is 2.29. The molecule has 0 aromatic heterocycles. The molecular weight excluding hydrogens is 562 g/mol. The number of piperazine rings is 1. The van der Waals surface area contributed by atoms with E-state index in [1.807, 2.05) is 24.0 Å². The molecule has 4 N–H and O–H groups in total. The van der Waals surface area contributed by atoms with E-state index in [0.717, 1.165) is 5.56 Å². The largest absolute Gasteiger partial charge is 0.481 e. The first-order valence-electron chi connectivity index (χ1n) is 13.3. The molecule has 0 bridgehead atoms. The molecule has 1 saturated heterocycles. The van der Waals surface area contributed by atoms with Crippen LogP contribution >= 0.6 is 11.6 Å². The van der Waals surface area contributed by atoms with Crippen molar-refractivity contribution in [1.29, 1.82) is 0 Å². The van der Waals surface area contributed by atoms with Gasteiger partial charge in [-0.2, -0.15) is 0 Å². The summed E-state index contributed by atoms with van der Waals surface area (Å²) in [4.78, 5) is 53.4. The van der Waals surface area contributed by atoms with E-state index in [0.29, 0.717) is 53.8 Å². The molecular formula is C30H32ClN5O6. The normalized spacial score (nSPS) is 13.6. The van der Waals surface area contributed by atoms with Crippen molar-refractivity contribution in [3.63, 3.8) is 0 Å². The van der Waals surface area contributed by atoms with Crippen molar-refractivity contribution < 1.29 is 29.0 Å². The molecule has 1 aliphatic heterocycles. The van der Waals surface area contributed by atoms with Crippen molar-refractivity contribution in [3.8, 4) is 0 Å². The summed E-state index contributed by atoms with van der Waals surface area (Å²) >= 11 is 5.94. The zero-order valence-electron chi connectivity index (χ0n) is 23.2. The van der Waals surface area contributed by atoms with Gasteiger partial charge >= 0.3 is 18.1 Å². The molecule has 42 heavy (non-hydrogen) atoms. The molecule has 12 heteroatoms. The van der Waals surface area contributed by atoms with Gasteiger partial charge in [0.05, 0.1) is 30.9 Å². The number of amides is 4. The van der Waals surface area contributed by atoms with Gasteiger partial charge < -0.3 is 35.6 Å². The second-order valence-electron chi connectivity index (χ2n) is 9.80. The molecule has 3 aromatic carbocycles. The Hall–Kier alpha value is -4.77. The highest BCUT2D eigenvalue weighted by molar-refractivity contribution is 6.30. The van der Waals surface area contributed by atoms with E-state index in [4.69, 9.17) is 16.3 Å². The van der Waals surface area contributed by atoms with Gasteiger partial charge in [0.2, 0.25) is 0 Å². The van der Waals surface area contributed by atoms with E-state index in [9.17, 15) is 24.3 Å². The minimum absolute atomic E-state index is 0.233. The molecule has 3 aromatic rings. The number of nitrogens with one attached hydrogen (secondary N) is 3. The van der Waals surface area contributed by atoms with Crippen LogP contribution < -0.4 is 20.9 Å². The number of anilines is 3. The molecule has 1 atom stereocenters. The van der Waals surface area contributed by atoms with Gasteiger partial charge in [0, 0.05) is 42.5 Å². The smallest absolute Gasteiger partial charge is 0.409 e. The third kappa shape index (κ3) is 7.91. The predicted octanol–water partition coefficient (Wildman–Crippen LogP) is 5.13. The number of nitrogens with zero attached hydrogens (tertiary/aromatic N) is 2. The topological polar surface area (TPSA) is 140 Å². The van der Waals surface area contributed by atoms with Crippen LogP contribution in [0.4, 0.5) is 26.7 Å². The van der Waals surface area contributed by atoms with Crippen molar-refractivity contribution in [3.05, 3.63) is 88.4 Å². The minimum Gasteiger partial charge on any atom is -0.481 e. The van der Waals surface area contributed by atoms with Crippen LogP contribution in [-0.2, 0) is 9.53 Å². The van der Waals surface area contributed by atoms with E-state index in [1.165, 1.54) is 7.11 Å². The number of methoxy groups -OCH3 is 1. The zero-order valence-corrected chi connectivity index (χ0v) is 24.0. The summed E-state index contributed by atoms with van der Waals surface area (Å²) in [5.74, 6) is -1.55. The quantitative estimate of drug-likeness (QED) is 0.284. The molecule has 4 amide bonds. The van der Waals surface area contributed by atoms with E-state index >= 15 is 0 Å². The maximum Gasteiger partial charge on any atom is 0.409 e. The van der Waals surface area contributed by atoms with Gasteiger partial charge in [0.25, 0.3) is 5.91 Å². The SMILES string of the molecule is COC(=O)N1CCN(c2ccc(C(=O)NC(CC(=O)O)c3ccc(C)cc3)cc2NC(=O)Nc2ccc(Cl)cc2)CC1. The Labute approximate surface area is 248 Å². The number of hydrogen-bond acceptors (Lipinski definition) is 6. The monoisotopic (exact) mass is 593 g/mol. The Morgan fingerprint density at radius 3 is 2.21 bits per heavy atom. The summed E-state index contributed by atoms with van der Waals surface area (Å²) < 4.78 is 4.82. The first-order valence-corrected chi connectivity index (χ1v) is 13.7. The molecule has 0 spiro atoms. The number of halogens is 1. The van der Waals surface area contributed by atoms with Gasteiger partial charge in [-0.25, -0.2) is 9.59 Å². The number of benzene rings is 3. The lowest BCUT2D eigenvalue weighted by atomic mass is 10.0. The highest BCUT2D eigenvalue weighted by Gasteiger charge is 2.25. The van der Waals surface area contributed by atoms with Crippen LogP contribution in [-0.4, -0.2) is 67.3 Å². The molecule has 0 saturated carbocycles. The standard InChI is InChI=1S/C30H32ClN5O6/c1-19-3-5-20(6-4-19)24(18-27(37)38)33-28(39)21-7-12-26(35-13-15-36(16-14-35)30(41)42-2)25(17-21)34-29(40)32-23-10-8-22(31)9-11-23/h3-12,17,24H,13-16,18H2,1-2H3,(H,33,39)(H,37,38)(H2,32,34,40). The summed E-state index contributed by atoms with van der Waals surface area (Å²) in [5.41, 5.74) is 3.45. The Morgan fingerprint density at radius 1 is 0.929 bits per heavy atom. The number of aryl methyl sites for hydroxylation is 1.